The summed E-state index contributed by atoms with van der Waals surface area (Å²) in [6, 6.07) is 2.82. The fourth-order valence-electron chi connectivity index (χ4n) is 2.64. The first-order chi connectivity index (χ1) is 9.55. The lowest BCUT2D eigenvalue weighted by Crippen LogP contribution is -2.56. The van der Waals surface area contributed by atoms with Gasteiger partial charge in [0.05, 0.1) is 0 Å². The second-order valence-corrected chi connectivity index (χ2v) is 6.26. The van der Waals surface area contributed by atoms with E-state index < -0.39 is 23.5 Å². The number of carboxylic acids is 1. The van der Waals surface area contributed by atoms with E-state index in [2.05, 4.69) is 5.32 Å². The largest absolute Gasteiger partial charge is 0.480 e. The van der Waals surface area contributed by atoms with E-state index in [0.717, 1.165) is 30.6 Å². The maximum absolute atomic E-state index is 12.2. The van der Waals surface area contributed by atoms with Crippen molar-refractivity contribution in [3.05, 3.63) is 22.4 Å². The molecule has 1 aliphatic rings. The van der Waals surface area contributed by atoms with Crippen molar-refractivity contribution in [1.82, 2.24) is 5.32 Å². The van der Waals surface area contributed by atoms with Crippen molar-refractivity contribution < 1.29 is 14.7 Å². The Morgan fingerprint density at radius 2 is 1.95 bits per heavy atom. The Hall–Kier alpha value is -1.40. The van der Waals surface area contributed by atoms with Crippen LogP contribution in [-0.2, 0) is 9.59 Å². The zero-order chi connectivity index (χ0) is 14.6. The SMILES string of the molecule is NC(C(=O)NC1(C(=O)O)CCCCCC1)c1cccs1. The molecule has 4 N–H and O–H groups in total. The fraction of sp³-hybridized carbons (Fsp3) is 0.571. The molecule has 1 unspecified atom stereocenters. The number of hydrogen-bond donors (Lipinski definition) is 3. The lowest BCUT2D eigenvalue weighted by atomic mass is 9.90. The minimum absolute atomic E-state index is 0.406. The van der Waals surface area contributed by atoms with Gasteiger partial charge in [0.1, 0.15) is 11.6 Å². The van der Waals surface area contributed by atoms with Crippen molar-refractivity contribution in [3.8, 4) is 0 Å². The number of carboxylic acid groups (broad SMARTS) is 1. The van der Waals surface area contributed by atoms with Gasteiger partial charge in [-0.15, -0.1) is 11.3 Å². The Balaban J connectivity index is 2.11. The number of hydrogen-bond acceptors (Lipinski definition) is 4. The number of thiophene rings is 1. The molecular weight excluding hydrogens is 276 g/mol. The number of amides is 1. The molecule has 0 aliphatic heterocycles. The van der Waals surface area contributed by atoms with Crippen LogP contribution >= 0.6 is 11.3 Å². The minimum Gasteiger partial charge on any atom is -0.480 e. The van der Waals surface area contributed by atoms with E-state index in [4.69, 9.17) is 5.73 Å². The van der Waals surface area contributed by atoms with Gasteiger partial charge in [-0.25, -0.2) is 4.79 Å². The second kappa shape index (κ2) is 6.37. The molecule has 0 bridgehead atoms. The summed E-state index contributed by atoms with van der Waals surface area (Å²) >= 11 is 1.40. The second-order valence-electron chi connectivity index (χ2n) is 5.28. The molecule has 5 nitrogen and oxygen atoms in total. The van der Waals surface area contributed by atoms with Crippen LogP contribution in [-0.4, -0.2) is 22.5 Å². The highest BCUT2D eigenvalue weighted by Gasteiger charge is 2.41. The van der Waals surface area contributed by atoms with Gasteiger partial charge < -0.3 is 16.2 Å². The zero-order valence-corrected chi connectivity index (χ0v) is 12.1. The number of carbonyl (C=O) groups is 2. The molecule has 0 spiro atoms. The van der Waals surface area contributed by atoms with Gasteiger partial charge in [-0.1, -0.05) is 31.7 Å². The molecule has 0 saturated heterocycles. The maximum atomic E-state index is 12.2. The molecule has 1 aromatic rings. The summed E-state index contributed by atoms with van der Waals surface area (Å²) in [6.45, 7) is 0. The summed E-state index contributed by atoms with van der Waals surface area (Å²) in [7, 11) is 0. The molecule has 1 saturated carbocycles. The molecule has 1 atom stereocenters. The molecule has 2 rings (SSSR count). The molecule has 1 aromatic heterocycles. The fourth-order valence-corrected chi connectivity index (χ4v) is 3.36. The lowest BCUT2D eigenvalue weighted by molar-refractivity contribution is -0.148. The predicted molar refractivity (Wildman–Crippen MR) is 77.5 cm³/mol. The third-order valence-electron chi connectivity index (χ3n) is 3.86. The van der Waals surface area contributed by atoms with Gasteiger partial charge in [0.25, 0.3) is 0 Å². The van der Waals surface area contributed by atoms with E-state index in [9.17, 15) is 14.7 Å². The molecular formula is C14H20N2O3S. The molecule has 1 fully saturated rings. The van der Waals surface area contributed by atoms with E-state index in [1.54, 1.807) is 6.07 Å². The monoisotopic (exact) mass is 296 g/mol. The van der Waals surface area contributed by atoms with Gasteiger partial charge in [0.2, 0.25) is 5.91 Å². The van der Waals surface area contributed by atoms with Crippen LogP contribution in [0.5, 0.6) is 0 Å². The molecule has 20 heavy (non-hydrogen) atoms. The standard InChI is InChI=1S/C14H20N2O3S/c15-11(10-6-5-9-20-10)12(17)16-14(13(18)19)7-3-1-2-4-8-14/h5-6,9,11H,1-4,7-8,15H2,(H,16,17)(H,18,19). The summed E-state index contributed by atoms with van der Waals surface area (Å²) in [5.41, 5.74) is 4.75. The first-order valence-electron chi connectivity index (χ1n) is 6.89. The van der Waals surface area contributed by atoms with E-state index in [0.29, 0.717) is 12.8 Å². The average Bonchev–Trinajstić information content (AvgIpc) is 2.85. The third-order valence-corrected chi connectivity index (χ3v) is 4.82. The number of carbonyl (C=O) groups excluding carboxylic acids is 1. The van der Waals surface area contributed by atoms with Crippen LogP contribution < -0.4 is 11.1 Å². The molecule has 1 heterocycles. The van der Waals surface area contributed by atoms with Gasteiger partial charge in [-0.3, -0.25) is 4.79 Å². The highest BCUT2D eigenvalue weighted by molar-refractivity contribution is 7.10. The molecule has 1 amide bonds. The maximum Gasteiger partial charge on any atom is 0.329 e. The first-order valence-corrected chi connectivity index (χ1v) is 7.77. The molecule has 6 heteroatoms. The Morgan fingerprint density at radius 3 is 2.45 bits per heavy atom. The summed E-state index contributed by atoms with van der Waals surface area (Å²) in [5, 5.41) is 14.1. The summed E-state index contributed by atoms with van der Waals surface area (Å²) in [4.78, 5) is 24.6. The van der Waals surface area contributed by atoms with Crippen molar-refractivity contribution in [2.75, 3.05) is 0 Å². The highest BCUT2D eigenvalue weighted by atomic mass is 32.1. The lowest BCUT2D eigenvalue weighted by Gasteiger charge is -2.30. The van der Waals surface area contributed by atoms with Crippen LogP contribution in [0.25, 0.3) is 0 Å². The van der Waals surface area contributed by atoms with Gasteiger partial charge in [0, 0.05) is 4.88 Å². The normalized spacial score (nSPS) is 19.9. The van der Waals surface area contributed by atoms with Crippen molar-refractivity contribution in [2.24, 2.45) is 5.73 Å². The summed E-state index contributed by atoms with van der Waals surface area (Å²) in [6.07, 6.45) is 4.63. The van der Waals surface area contributed by atoms with Crippen molar-refractivity contribution in [2.45, 2.75) is 50.1 Å². The van der Waals surface area contributed by atoms with Crippen LogP contribution in [0, 0.1) is 0 Å². The summed E-state index contributed by atoms with van der Waals surface area (Å²) in [5.74, 6) is -1.36. The van der Waals surface area contributed by atoms with Crippen LogP contribution in [0.4, 0.5) is 0 Å². The first kappa shape index (κ1) is 15.0. The number of rotatable bonds is 4. The van der Waals surface area contributed by atoms with E-state index in [-0.39, 0.29) is 0 Å². The molecule has 0 aromatic carbocycles. The van der Waals surface area contributed by atoms with Crippen LogP contribution in [0.15, 0.2) is 17.5 Å². The van der Waals surface area contributed by atoms with Crippen LogP contribution in [0.1, 0.15) is 49.4 Å². The van der Waals surface area contributed by atoms with Crippen molar-refractivity contribution in [1.29, 1.82) is 0 Å². The van der Waals surface area contributed by atoms with Gasteiger partial charge in [-0.05, 0) is 24.3 Å². The Labute approximate surface area is 122 Å². The smallest absolute Gasteiger partial charge is 0.329 e. The number of aliphatic carboxylic acids is 1. The van der Waals surface area contributed by atoms with Crippen molar-refractivity contribution in [3.63, 3.8) is 0 Å². The third kappa shape index (κ3) is 3.19. The van der Waals surface area contributed by atoms with Crippen LogP contribution in [0.3, 0.4) is 0 Å². The average molecular weight is 296 g/mol. The molecule has 0 radical (unpaired) electrons. The summed E-state index contributed by atoms with van der Waals surface area (Å²) < 4.78 is 0. The van der Waals surface area contributed by atoms with E-state index in [1.807, 2.05) is 11.4 Å². The highest BCUT2D eigenvalue weighted by Crippen LogP contribution is 2.28. The van der Waals surface area contributed by atoms with Gasteiger partial charge in [-0.2, -0.15) is 0 Å². The van der Waals surface area contributed by atoms with Crippen molar-refractivity contribution >= 4 is 23.2 Å². The van der Waals surface area contributed by atoms with Gasteiger partial charge >= 0.3 is 5.97 Å². The zero-order valence-electron chi connectivity index (χ0n) is 11.3. The minimum atomic E-state index is -1.15. The quantitative estimate of drug-likeness (QED) is 0.741. The predicted octanol–water partition coefficient (Wildman–Crippen LogP) is 2.04. The molecule has 110 valence electrons. The Kier molecular flexibility index (Phi) is 4.77. The number of nitrogens with one attached hydrogen (secondary N) is 1. The Bertz CT molecular complexity index is 465. The molecule has 1 aliphatic carbocycles. The topological polar surface area (TPSA) is 92.4 Å². The van der Waals surface area contributed by atoms with Gasteiger partial charge in [0.15, 0.2) is 0 Å². The number of nitrogens with two attached hydrogens (primary N) is 1. The Morgan fingerprint density at radius 1 is 1.30 bits per heavy atom. The van der Waals surface area contributed by atoms with Crippen LogP contribution in [0.2, 0.25) is 0 Å². The van der Waals surface area contributed by atoms with E-state index in [1.165, 1.54) is 11.3 Å². The van der Waals surface area contributed by atoms with E-state index >= 15 is 0 Å².